The molecule has 0 aliphatic rings. The van der Waals surface area contributed by atoms with Gasteiger partial charge in [0.25, 0.3) is 0 Å². The third kappa shape index (κ3) is 4.06. The smallest absolute Gasteiger partial charge is 0.364 e. The molecule has 0 atom stereocenters. The summed E-state index contributed by atoms with van der Waals surface area (Å²) in [5.74, 6) is 0.236. The normalized spacial score (nSPS) is 12.1. The summed E-state index contributed by atoms with van der Waals surface area (Å²) in [6, 6.07) is 6.12. The molecule has 2 heterocycles. The molecular weight excluding hydrogens is 373 g/mol. The van der Waals surface area contributed by atoms with E-state index in [9.17, 15) is 23.4 Å². The molecule has 0 fully saturated rings. The average molecular weight is 387 g/mol. The van der Waals surface area contributed by atoms with E-state index in [0.717, 1.165) is 0 Å². The number of aliphatic hydroxyl groups is 2. The van der Waals surface area contributed by atoms with Crippen molar-refractivity contribution in [1.82, 2.24) is 14.8 Å². The van der Waals surface area contributed by atoms with Crippen LogP contribution in [-0.2, 0) is 6.54 Å². The Morgan fingerprint density at radius 1 is 1.23 bits per heavy atom. The minimum Gasteiger partial charge on any atom is -0.364 e. The molecule has 0 aliphatic carbocycles. The van der Waals surface area contributed by atoms with Gasteiger partial charge in [-0.25, -0.2) is 0 Å². The Hall–Kier alpha value is -2.36. The van der Waals surface area contributed by atoms with Gasteiger partial charge in [0, 0.05) is 22.2 Å². The van der Waals surface area contributed by atoms with Crippen LogP contribution in [0, 0.1) is 0 Å². The maximum atomic E-state index is 12.6. The summed E-state index contributed by atoms with van der Waals surface area (Å²) in [6.07, 6.45) is -4.34. The maximum absolute atomic E-state index is 12.6. The van der Waals surface area contributed by atoms with Crippen LogP contribution in [0.25, 0.3) is 10.9 Å². The number of nitrogens with zero attached hydrogens (tertiary/aromatic N) is 3. The Kier molecular flexibility index (Phi) is 5.03. The number of pyridine rings is 1. The number of hydrogen-bond donors (Lipinski definition) is 3. The topological polar surface area (TPSA) is 83.2 Å². The Morgan fingerprint density at radius 2 is 2.00 bits per heavy atom. The molecule has 0 saturated carbocycles. The van der Waals surface area contributed by atoms with Crippen LogP contribution < -0.4 is 5.32 Å². The zero-order chi connectivity index (χ0) is 18.9. The molecule has 0 bridgehead atoms. The molecule has 3 N–H and O–H groups in total. The van der Waals surface area contributed by atoms with Gasteiger partial charge in [0.1, 0.15) is 0 Å². The van der Waals surface area contributed by atoms with E-state index < -0.39 is 18.9 Å². The summed E-state index contributed by atoms with van der Waals surface area (Å²) in [6.45, 7) is -0.355. The first-order chi connectivity index (χ1) is 12.2. The molecule has 2 aromatic heterocycles. The minimum absolute atomic E-state index is 0.153. The summed E-state index contributed by atoms with van der Waals surface area (Å²) in [7, 11) is 0. The molecule has 0 unspecified atom stereocenters. The average Bonchev–Trinajstić information content (AvgIpc) is 2.90. The highest BCUT2D eigenvalue weighted by atomic mass is 35.5. The monoisotopic (exact) mass is 386 g/mol. The first kappa shape index (κ1) is 18.4. The number of halogens is 4. The van der Waals surface area contributed by atoms with Crippen molar-refractivity contribution in [1.29, 1.82) is 0 Å². The van der Waals surface area contributed by atoms with E-state index in [1.54, 1.807) is 18.2 Å². The zero-order valence-electron chi connectivity index (χ0n) is 13.2. The lowest BCUT2D eigenvalue weighted by Gasteiger charge is -2.11. The summed E-state index contributed by atoms with van der Waals surface area (Å²) in [4.78, 5) is 3.90. The van der Waals surface area contributed by atoms with Crippen molar-refractivity contribution in [3.63, 3.8) is 0 Å². The quantitative estimate of drug-likeness (QED) is 0.581. The summed E-state index contributed by atoms with van der Waals surface area (Å²) in [5, 5.41) is 26.8. The lowest BCUT2D eigenvalue weighted by atomic mass is 10.2. The number of rotatable bonds is 5. The number of aryl methyl sites for hydroxylation is 1. The second-order valence-electron chi connectivity index (χ2n) is 5.56. The number of aliphatic hydroxyl groups excluding tert-OH is 1. The summed E-state index contributed by atoms with van der Waals surface area (Å²) in [5.41, 5.74) is 0.890. The van der Waals surface area contributed by atoms with E-state index in [1.165, 1.54) is 23.1 Å². The van der Waals surface area contributed by atoms with Crippen LogP contribution in [0.5, 0.6) is 0 Å². The van der Waals surface area contributed by atoms with Gasteiger partial charge in [0.2, 0.25) is 0 Å². The van der Waals surface area contributed by atoms with Gasteiger partial charge in [-0.2, -0.15) is 18.3 Å². The van der Waals surface area contributed by atoms with E-state index in [-0.39, 0.29) is 23.6 Å². The Bertz CT molecular complexity index is 927. The summed E-state index contributed by atoms with van der Waals surface area (Å²) < 4.78 is 38.9. The second kappa shape index (κ2) is 7.10. The number of alkyl halides is 3. The lowest BCUT2D eigenvalue weighted by molar-refractivity contribution is -0.137. The largest absolute Gasteiger partial charge is 0.390 e. The van der Waals surface area contributed by atoms with Gasteiger partial charge in [-0.05, 0) is 24.3 Å². The second-order valence-corrected chi connectivity index (χ2v) is 6.00. The van der Waals surface area contributed by atoms with Crippen molar-refractivity contribution in [2.45, 2.75) is 25.4 Å². The molecule has 6 nitrogen and oxygen atoms in total. The van der Waals surface area contributed by atoms with Crippen molar-refractivity contribution >= 4 is 34.0 Å². The van der Waals surface area contributed by atoms with Crippen molar-refractivity contribution in [2.75, 3.05) is 5.32 Å². The number of nitrogens with one attached hydrogen (secondary N) is 1. The highest BCUT2D eigenvalue weighted by Gasteiger charge is 2.27. The van der Waals surface area contributed by atoms with Gasteiger partial charge in [0.05, 0.1) is 30.4 Å². The number of benzene rings is 1. The van der Waals surface area contributed by atoms with Crippen molar-refractivity contribution < 1.29 is 23.4 Å². The SMILES string of the molecule is OC(O)c1ccncc1Nc1nn(CCC(F)(F)F)c2ccc(Cl)cc12. The molecule has 0 saturated heterocycles. The third-order valence-corrected chi connectivity index (χ3v) is 3.94. The van der Waals surface area contributed by atoms with Crippen molar-refractivity contribution in [3.05, 3.63) is 47.2 Å². The van der Waals surface area contributed by atoms with E-state index in [0.29, 0.717) is 15.9 Å². The van der Waals surface area contributed by atoms with Gasteiger partial charge in [-0.1, -0.05) is 11.6 Å². The van der Waals surface area contributed by atoms with Gasteiger partial charge in [0.15, 0.2) is 12.1 Å². The van der Waals surface area contributed by atoms with E-state index in [2.05, 4.69) is 15.4 Å². The number of fused-ring (bicyclic) bond motifs is 1. The van der Waals surface area contributed by atoms with Crippen LogP contribution in [0.1, 0.15) is 18.3 Å². The van der Waals surface area contributed by atoms with Gasteiger partial charge in [-0.15, -0.1) is 0 Å². The van der Waals surface area contributed by atoms with Gasteiger partial charge < -0.3 is 15.5 Å². The Morgan fingerprint density at radius 3 is 2.69 bits per heavy atom. The fourth-order valence-electron chi connectivity index (χ4n) is 2.51. The number of aromatic nitrogens is 3. The Labute approximate surface area is 150 Å². The van der Waals surface area contributed by atoms with Gasteiger partial charge >= 0.3 is 6.18 Å². The molecule has 3 aromatic rings. The first-order valence-corrected chi connectivity index (χ1v) is 7.92. The van der Waals surface area contributed by atoms with E-state index >= 15 is 0 Å². The van der Waals surface area contributed by atoms with Crippen LogP contribution >= 0.6 is 11.6 Å². The molecule has 3 rings (SSSR count). The molecule has 0 amide bonds. The third-order valence-electron chi connectivity index (χ3n) is 3.71. The maximum Gasteiger partial charge on any atom is 0.390 e. The Balaban J connectivity index is 2.02. The molecule has 10 heteroatoms. The van der Waals surface area contributed by atoms with Crippen LogP contribution in [0.3, 0.4) is 0 Å². The summed E-state index contributed by atoms with van der Waals surface area (Å²) >= 11 is 6.00. The van der Waals surface area contributed by atoms with Crippen LogP contribution in [0.4, 0.5) is 24.7 Å². The molecule has 1 aromatic carbocycles. The van der Waals surface area contributed by atoms with Crippen molar-refractivity contribution in [3.8, 4) is 0 Å². The van der Waals surface area contributed by atoms with E-state index in [4.69, 9.17) is 11.6 Å². The number of hydrogen-bond acceptors (Lipinski definition) is 5. The van der Waals surface area contributed by atoms with Crippen LogP contribution in [0.15, 0.2) is 36.7 Å². The minimum atomic E-state index is -4.31. The van der Waals surface area contributed by atoms with Gasteiger partial charge in [-0.3, -0.25) is 9.67 Å². The van der Waals surface area contributed by atoms with Crippen LogP contribution in [-0.4, -0.2) is 31.2 Å². The highest BCUT2D eigenvalue weighted by Crippen LogP contribution is 2.31. The van der Waals surface area contributed by atoms with Crippen molar-refractivity contribution in [2.24, 2.45) is 0 Å². The van der Waals surface area contributed by atoms with E-state index in [1.807, 2.05) is 0 Å². The van der Waals surface area contributed by atoms with Crippen LogP contribution in [0.2, 0.25) is 5.02 Å². The lowest BCUT2D eigenvalue weighted by Crippen LogP contribution is -2.13. The fraction of sp³-hybridized carbons (Fsp3) is 0.250. The molecular formula is C16H14ClF3N4O2. The molecule has 0 spiro atoms. The molecule has 138 valence electrons. The predicted molar refractivity (Wildman–Crippen MR) is 90.1 cm³/mol. The molecule has 26 heavy (non-hydrogen) atoms. The standard InChI is InChI=1S/C16H14ClF3N4O2/c17-9-1-2-13-11(7-9)14(23-24(13)6-4-16(18,19)20)22-12-8-21-5-3-10(12)15(25)26/h1-3,5,7-8,15,25-26H,4,6H2,(H,22,23). The highest BCUT2D eigenvalue weighted by molar-refractivity contribution is 6.31. The molecule has 0 aliphatic heterocycles. The fourth-order valence-corrected chi connectivity index (χ4v) is 2.68. The zero-order valence-corrected chi connectivity index (χ0v) is 14.0. The molecule has 0 radical (unpaired) electrons. The first-order valence-electron chi connectivity index (χ1n) is 7.54. The predicted octanol–water partition coefficient (Wildman–Crippen LogP) is 3.76. The number of anilines is 2.